The van der Waals surface area contributed by atoms with E-state index in [1.54, 1.807) is 0 Å². The highest BCUT2D eigenvalue weighted by molar-refractivity contribution is 8.15. The first-order valence-corrected chi connectivity index (χ1v) is 8.97. The molecule has 0 spiro atoms. The van der Waals surface area contributed by atoms with E-state index in [-0.39, 0.29) is 16.4 Å². The monoisotopic (exact) mass is 372 g/mol. The van der Waals surface area contributed by atoms with Gasteiger partial charge in [-0.15, -0.1) is 0 Å². The average molecular weight is 373 g/mol. The second kappa shape index (κ2) is 6.54. The molecule has 0 saturated carbocycles. The summed E-state index contributed by atoms with van der Waals surface area (Å²) in [6, 6.07) is 13.2. The molecule has 1 atom stereocenters. The number of rotatable bonds is 4. The topological polar surface area (TPSA) is 72.2 Å². The normalized spacial score (nSPS) is 17.2. The van der Waals surface area contributed by atoms with Crippen molar-refractivity contribution in [2.75, 3.05) is 0 Å². The van der Waals surface area contributed by atoms with Gasteiger partial charge in [0.05, 0.1) is 5.25 Å². The van der Waals surface area contributed by atoms with Crippen molar-refractivity contribution in [1.29, 1.82) is 0 Å². The molecule has 1 aromatic heterocycles. The second-order valence-corrected chi connectivity index (χ2v) is 7.41. The smallest absolute Gasteiger partial charge is 0.286 e. The summed E-state index contributed by atoms with van der Waals surface area (Å²) in [5.41, 5.74) is 3.46. The zero-order valence-electron chi connectivity index (χ0n) is 13.0. The van der Waals surface area contributed by atoms with Crippen molar-refractivity contribution in [2.24, 2.45) is 0 Å². The highest BCUT2D eigenvalue weighted by Gasteiger charge is 2.31. The van der Waals surface area contributed by atoms with Crippen LogP contribution in [-0.2, 0) is 17.6 Å². The zero-order chi connectivity index (χ0) is 17.4. The van der Waals surface area contributed by atoms with Gasteiger partial charge in [0.15, 0.2) is 11.5 Å². The fraction of sp³-hybridized carbons (Fsp3) is 0.167. The van der Waals surface area contributed by atoms with Crippen molar-refractivity contribution >= 4 is 45.6 Å². The Morgan fingerprint density at radius 1 is 1.12 bits per heavy atom. The van der Waals surface area contributed by atoms with Crippen LogP contribution in [0.1, 0.15) is 17.0 Å². The number of benzene rings is 2. The molecule has 25 heavy (non-hydrogen) atoms. The summed E-state index contributed by atoms with van der Waals surface area (Å²) in [7, 11) is 0. The highest BCUT2D eigenvalue weighted by atomic mass is 35.5. The van der Waals surface area contributed by atoms with Gasteiger partial charge in [-0.05, 0) is 41.8 Å². The largest absolute Gasteiger partial charge is 0.440 e. The molecule has 1 aliphatic rings. The van der Waals surface area contributed by atoms with Gasteiger partial charge < -0.3 is 4.42 Å². The van der Waals surface area contributed by atoms with Gasteiger partial charge in [-0.25, -0.2) is 4.98 Å². The van der Waals surface area contributed by atoms with Crippen LogP contribution < -0.4 is 5.32 Å². The molecule has 1 fully saturated rings. The predicted molar refractivity (Wildman–Crippen MR) is 96.9 cm³/mol. The maximum absolute atomic E-state index is 11.7. The number of carbonyl (C=O) groups excluding carboxylic acids is 2. The Morgan fingerprint density at radius 2 is 1.88 bits per heavy atom. The van der Waals surface area contributed by atoms with Crippen LogP contribution in [0.3, 0.4) is 0 Å². The van der Waals surface area contributed by atoms with Crippen molar-refractivity contribution in [3.63, 3.8) is 0 Å². The van der Waals surface area contributed by atoms with Crippen LogP contribution in [0.25, 0.3) is 11.1 Å². The van der Waals surface area contributed by atoms with Gasteiger partial charge in [-0.1, -0.05) is 41.6 Å². The molecule has 3 aromatic rings. The fourth-order valence-corrected chi connectivity index (χ4v) is 3.73. The Morgan fingerprint density at radius 3 is 2.60 bits per heavy atom. The first kappa shape index (κ1) is 16.2. The number of thioether (sulfide) groups is 1. The Labute approximate surface area is 152 Å². The second-order valence-electron chi connectivity index (χ2n) is 5.80. The van der Waals surface area contributed by atoms with Crippen LogP contribution in [0.15, 0.2) is 46.9 Å². The maximum Gasteiger partial charge on any atom is 0.286 e. The van der Waals surface area contributed by atoms with Crippen LogP contribution >= 0.6 is 23.4 Å². The summed E-state index contributed by atoms with van der Waals surface area (Å²) >= 11 is 6.92. The summed E-state index contributed by atoms with van der Waals surface area (Å²) < 4.78 is 5.78. The van der Waals surface area contributed by atoms with E-state index in [1.807, 2.05) is 42.5 Å². The number of nitrogens with one attached hydrogen (secondary N) is 1. The summed E-state index contributed by atoms with van der Waals surface area (Å²) in [6.07, 6.45) is 1.06. The lowest BCUT2D eigenvalue weighted by Gasteiger charge is -2.04. The molecule has 1 aliphatic heterocycles. The van der Waals surface area contributed by atoms with Gasteiger partial charge in [0.2, 0.25) is 5.91 Å². The zero-order valence-corrected chi connectivity index (χ0v) is 14.6. The number of oxazole rings is 1. The molecular formula is C18H13ClN2O3S. The van der Waals surface area contributed by atoms with Gasteiger partial charge >= 0.3 is 0 Å². The standard InChI is InChI=1S/C18H13ClN2O3S/c19-12-4-1-10(2-5-12)9-16-20-13-7-11(3-6-14(13)24-16)8-15-17(22)21-18(23)25-15/h1-7,15H,8-9H2,(H,21,22,23). The van der Waals surface area contributed by atoms with Crippen molar-refractivity contribution in [3.8, 4) is 0 Å². The number of hydrogen-bond acceptors (Lipinski definition) is 5. The highest BCUT2D eigenvalue weighted by Crippen LogP contribution is 2.25. The number of carbonyl (C=O) groups is 2. The third kappa shape index (κ3) is 3.55. The van der Waals surface area contributed by atoms with Crippen LogP contribution in [-0.4, -0.2) is 21.4 Å². The summed E-state index contributed by atoms with van der Waals surface area (Å²) in [5.74, 6) is 0.385. The maximum atomic E-state index is 11.7. The Hall–Kier alpha value is -2.31. The number of halogens is 1. The van der Waals surface area contributed by atoms with E-state index >= 15 is 0 Å². The molecule has 0 aliphatic carbocycles. The molecule has 2 amide bonds. The number of nitrogens with zero attached hydrogens (tertiary/aromatic N) is 1. The number of imide groups is 1. The lowest BCUT2D eigenvalue weighted by atomic mass is 10.1. The predicted octanol–water partition coefficient (Wildman–Crippen LogP) is 3.97. The van der Waals surface area contributed by atoms with E-state index in [1.165, 1.54) is 0 Å². The van der Waals surface area contributed by atoms with Gasteiger partial charge in [0, 0.05) is 11.4 Å². The Bertz CT molecular complexity index is 968. The van der Waals surface area contributed by atoms with Crippen LogP contribution in [0, 0.1) is 0 Å². The third-order valence-corrected chi connectivity index (χ3v) is 5.19. The van der Waals surface area contributed by atoms with E-state index in [4.69, 9.17) is 16.0 Å². The van der Waals surface area contributed by atoms with Gasteiger partial charge in [-0.2, -0.15) is 0 Å². The molecule has 1 unspecified atom stereocenters. The molecule has 5 nitrogen and oxygen atoms in total. The van der Waals surface area contributed by atoms with Gasteiger partial charge in [0.1, 0.15) is 5.52 Å². The number of fused-ring (bicyclic) bond motifs is 1. The average Bonchev–Trinajstić information content (AvgIpc) is 3.11. The van der Waals surface area contributed by atoms with E-state index < -0.39 is 0 Å². The van der Waals surface area contributed by atoms with E-state index in [9.17, 15) is 9.59 Å². The van der Waals surface area contributed by atoms with Gasteiger partial charge in [-0.3, -0.25) is 14.9 Å². The van der Waals surface area contributed by atoms with Crippen molar-refractivity contribution < 1.29 is 14.0 Å². The molecule has 0 radical (unpaired) electrons. The SMILES string of the molecule is O=C1NC(=O)C(Cc2ccc3oc(Cc4ccc(Cl)cc4)nc3c2)S1. The van der Waals surface area contributed by atoms with Crippen molar-refractivity contribution in [1.82, 2.24) is 10.3 Å². The Kier molecular flexibility index (Phi) is 4.23. The lowest BCUT2D eigenvalue weighted by Crippen LogP contribution is -2.25. The molecule has 1 N–H and O–H groups in total. The van der Waals surface area contributed by atoms with E-state index in [2.05, 4.69) is 10.3 Å². The molecular weight excluding hydrogens is 360 g/mol. The quantitative estimate of drug-likeness (QED) is 0.750. The van der Waals surface area contributed by atoms with Crippen molar-refractivity contribution in [2.45, 2.75) is 18.1 Å². The van der Waals surface area contributed by atoms with E-state index in [0.29, 0.717) is 29.3 Å². The van der Waals surface area contributed by atoms with Crippen LogP contribution in [0.2, 0.25) is 5.02 Å². The molecule has 7 heteroatoms. The number of aromatic nitrogens is 1. The molecule has 1 saturated heterocycles. The summed E-state index contributed by atoms with van der Waals surface area (Å²) in [6.45, 7) is 0. The molecule has 126 valence electrons. The van der Waals surface area contributed by atoms with Crippen LogP contribution in [0.5, 0.6) is 0 Å². The number of hydrogen-bond donors (Lipinski definition) is 1. The van der Waals surface area contributed by atoms with Crippen molar-refractivity contribution in [3.05, 3.63) is 64.5 Å². The molecule has 2 aromatic carbocycles. The lowest BCUT2D eigenvalue weighted by molar-refractivity contribution is -0.118. The first-order chi connectivity index (χ1) is 12.1. The minimum atomic E-state index is -0.384. The molecule has 2 heterocycles. The molecule has 0 bridgehead atoms. The first-order valence-electron chi connectivity index (χ1n) is 7.71. The summed E-state index contributed by atoms with van der Waals surface area (Å²) in [5, 5.41) is 2.32. The Balaban J connectivity index is 1.54. The van der Waals surface area contributed by atoms with Crippen LogP contribution in [0.4, 0.5) is 4.79 Å². The minimum Gasteiger partial charge on any atom is -0.440 e. The molecule has 4 rings (SSSR count). The number of amides is 2. The minimum absolute atomic E-state index is 0.237. The fourth-order valence-electron chi connectivity index (χ4n) is 2.74. The summed E-state index contributed by atoms with van der Waals surface area (Å²) in [4.78, 5) is 27.5. The van der Waals surface area contributed by atoms with Gasteiger partial charge in [0.25, 0.3) is 5.24 Å². The third-order valence-electron chi connectivity index (χ3n) is 3.95. The van der Waals surface area contributed by atoms with E-state index in [0.717, 1.165) is 28.4 Å².